The van der Waals surface area contributed by atoms with Gasteiger partial charge in [0.05, 0.1) is 0 Å². The van der Waals surface area contributed by atoms with E-state index in [1.54, 1.807) is 7.11 Å². The molecule has 0 saturated heterocycles. The summed E-state index contributed by atoms with van der Waals surface area (Å²) in [5, 5.41) is 3.10. The van der Waals surface area contributed by atoms with Gasteiger partial charge in [-0.05, 0) is 18.8 Å². The molecule has 1 atom stereocenters. The van der Waals surface area contributed by atoms with Gasteiger partial charge < -0.3 is 10.1 Å². The monoisotopic (exact) mass is 235 g/mol. The van der Waals surface area contributed by atoms with Gasteiger partial charge >= 0.3 is 0 Å². The van der Waals surface area contributed by atoms with Gasteiger partial charge in [0.15, 0.2) is 5.82 Å². The van der Waals surface area contributed by atoms with Crippen molar-refractivity contribution in [3.8, 4) is 0 Å². The van der Waals surface area contributed by atoms with Gasteiger partial charge in [-0.3, -0.25) is 0 Å². The van der Waals surface area contributed by atoms with Crippen molar-refractivity contribution in [2.24, 2.45) is 5.92 Å². The highest BCUT2D eigenvalue weighted by Gasteiger charge is 2.28. The molecule has 0 amide bonds. The average molecular weight is 235 g/mol. The van der Waals surface area contributed by atoms with Gasteiger partial charge in [0.25, 0.3) is 0 Å². The fourth-order valence-electron chi connectivity index (χ4n) is 2.00. The molecule has 0 bridgehead atoms. The van der Waals surface area contributed by atoms with Crippen molar-refractivity contribution in [3.05, 3.63) is 17.6 Å². The molecule has 4 nitrogen and oxygen atoms in total. The summed E-state index contributed by atoms with van der Waals surface area (Å²) in [4.78, 5) is 9.17. The van der Waals surface area contributed by atoms with Crippen LogP contribution < -0.4 is 5.32 Å². The van der Waals surface area contributed by atoms with Crippen LogP contribution in [0.5, 0.6) is 0 Å². The lowest BCUT2D eigenvalue weighted by atomic mass is 10.1. The summed E-state index contributed by atoms with van der Waals surface area (Å²) in [5.74, 6) is 2.70. The van der Waals surface area contributed by atoms with E-state index in [2.05, 4.69) is 29.1 Å². The van der Waals surface area contributed by atoms with Crippen molar-refractivity contribution in [2.75, 3.05) is 19.5 Å². The van der Waals surface area contributed by atoms with E-state index in [1.807, 2.05) is 13.1 Å². The molecule has 1 fully saturated rings. The predicted octanol–water partition coefficient (Wildman–Crippen LogP) is 2.74. The van der Waals surface area contributed by atoms with Crippen molar-refractivity contribution in [3.63, 3.8) is 0 Å². The lowest BCUT2D eigenvalue weighted by Gasteiger charge is -2.19. The predicted molar refractivity (Wildman–Crippen MR) is 68.1 cm³/mol. The SMILES string of the molecule is CNc1cc(C2CC2)nc(C(OC)C(C)C)n1. The first-order valence-corrected chi connectivity index (χ1v) is 6.25. The van der Waals surface area contributed by atoms with E-state index in [4.69, 9.17) is 4.74 Å². The Kier molecular flexibility index (Phi) is 3.62. The largest absolute Gasteiger partial charge is 0.373 e. The number of methoxy groups -OCH3 is 1. The van der Waals surface area contributed by atoms with Crippen LogP contribution >= 0.6 is 0 Å². The fourth-order valence-corrected chi connectivity index (χ4v) is 2.00. The summed E-state index contributed by atoms with van der Waals surface area (Å²) < 4.78 is 5.50. The number of hydrogen-bond acceptors (Lipinski definition) is 4. The van der Waals surface area contributed by atoms with Gasteiger partial charge in [-0.15, -0.1) is 0 Å². The molecule has 17 heavy (non-hydrogen) atoms. The zero-order valence-electron chi connectivity index (χ0n) is 11.0. The molecule has 4 heteroatoms. The summed E-state index contributed by atoms with van der Waals surface area (Å²) in [5.41, 5.74) is 1.15. The van der Waals surface area contributed by atoms with Gasteiger partial charge in [0.2, 0.25) is 0 Å². The molecule has 0 radical (unpaired) electrons. The Balaban J connectivity index is 2.34. The number of rotatable bonds is 5. The smallest absolute Gasteiger partial charge is 0.159 e. The first kappa shape index (κ1) is 12.3. The quantitative estimate of drug-likeness (QED) is 0.852. The second-order valence-electron chi connectivity index (χ2n) is 4.96. The number of ether oxygens (including phenoxy) is 1. The Morgan fingerprint density at radius 2 is 2.06 bits per heavy atom. The van der Waals surface area contributed by atoms with Crippen LogP contribution in [0.3, 0.4) is 0 Å². The van der Waals surface area contributed by atoms with Crippen LogP contribution in [0.15, 0.2) is 6.07 Å². The minimum Gasteiger partial charge on any atom is -0.373 e. The number of hydrogen-bond donors (Lipinski definition) is 1. The molecular weight excluding hydrogens is 214 g/mol. The molecule has 0 spiro atoms. The molecule has 94 valence electrons. The summed E-state index contributed by atoms with van der Waals surface area (Å²) >= 11 is 0. The Bertz CT molecular complexity index is 388. The second-order valence-corrected chi connectivity index (χ2v) is 4.96. The Labute approximate surface area is 103 Å². The van der Waals surface area contributed by atoms with Gasteiger partial charge in [0.1, 0.15) is 11.9 Å². The van der Waals surface area contributed by atoms with Crippen LogP contribution in [0.25, 0.3) is 0 Å². The Morgan fingerprint density at radius 3 is 2.53 bits per heavy atom. The molecular formula is C13H21N3O. The van der Waals surface area contributed by atoms with Crippen LogP contribution in [-0.4, -0.2) is 24.1 Å². The van der Waals surface area contributed by atoms with Crippen LogP contribution in [0.4, 0.5) is 5.82 Å². The number of nitrogens with zero attached hydrogens (tertiary/aromatic N) is 2. The van der Waals surface area contributed by atoms with Crippen LogP contribution in [0.2, 0.25) is 0 Å². The first-order chi connectivity index (χ1) is 8.15. The lowest BCUT2D eigenvalue weighted by molar-refractivity contribution is 0.0574. The average Bonchev–Trinajstić information content (AvgIpc) is 3.13. The number of anilines is 1. The first-order valence-electron chi connectivity index (χ1n) is 6.25. The Morgan fingerprint density at radius 1 is 1.35 bits per heavy atom. The van der Waals surface area contributed by atoms with Gasteiger partial charge in [-0.2, -0.15) is 0 Å². The summed E-state index contributed by atoms with van der Waals surface area (Å²) in [6, 6.07) is 2.05. The van der Waals surface area contributed by atoms with E-state index in [1.165, 1.54) is 12.8 Å². The maximum atomic E-state index is 5.50. The van der Waals surface area contributed by atoms with Gasteiger partial charge in [0, 0.05) is 31.8 Å². The van der Waals surface area contributed by atoms with E-state index < -0.39 is 0 Å². The molecule has 1 saturated carbocycles. The zero-order chi connectivity index (χ0) is 12.4. The molecule has 1 aromatic rings. The maximum absolute atomic E-state index is 5.50. The maximum Gasteiger partial charge on any atom is 0.159 e. The summed E-state index contributed by atoms with van der Waals surface area (Å²) in [6.07, 6.45) is 2.47. The molecule has 1 aliphatic rings. The molecule has 2 rings (SSSR count). The van der Waals surface area contributed by atoms with E-state index >= 15 is 0 Å². The Hall–Kier alpha value is -1.16. The van der Waals surface area contributed by atoms with E-state index in [-0.39, 0.29) is 6.10 Å². The summed E-state index contributed by atoms with van der Waals surface area (Å²) in [6.45, 7) is 4.25. The molecule has 1 unspecified atom stereocenters. The van der Waals surface area contributed by atoms with Crippen LogP contribution in [0.1, 0.15) is 50.2 Å². The second kappa shape index (κ2) is 5.00. The molecule has 1 N–H and O–H groups in total. The van der Waals surface area contributed by atoms with Crippen molar-refractivity contribution in [2.45, 2.75) is 38.7 Å². The van der Waals surface area contributed by atoms with E-state index in [0.29, 0.717) is 11.8 Å². The summed E-state index contributed by atoms with van der Waals surface area (Å²) in [7, 11) is 3.61. The minimum absolute atomic E-state index is 0.0270. The molecule has 1 aliphatic carbocycles. The molecule has 0 aromatic carbocycles. The van der Waals surface area contributed by atoms with Crippen LogP contribution in [-0.2, 0) is 4.74 Å². The van der Waals surface area contributed by atoms with E-state index in [0.717, 1.165) is 17.3 Å². The number of aromatic nitrogens is 2. The lowest BCUT2D eigenvalue weighted by Crippen LogP contribution is -2.14. The van der Waals surface area contributed by atoms with E-state index in [9.17, 15) is 0 Å². The third kappa shape index (κ3) is 2.75. The standard InChI is InChI=1S/C13H21N3O/c1-8(2)12(17-4)13-15-10(9-5-6-9)7-11(14-3)16-13/h7-9,12H,5-6H2,1-4H3,(H,14,15,16). The van der Waals surface area contributed by atoms with Gasteiger partial charge in [-0.1, -0.05) is 13.8 Å². The topological polar surface area (TPSA) is 47.0 Å². The van der Waals surface area contributed by atoms with Crippen LogP contribution in [0, 0.1) is 5.92 Å². The molecule has 0 aliphatic heterocycles. The third-order valence-electron chi connectivity index (χ3n) is 3.13. The molecule has 1 heterocycles. The van der Waals surface area contributed by atoms with Crippen molar-refractivity contribution >= 4 is 5.82 Å². The highest BCUT2D eigenvalue weighted by atomic mass is 16.5. The highest BCUT2D eigenvalue weighted by Crippen LogP contribution is 2.40. The van der Waals surface area contributed by atoms with Gasteiger partial charge in [-0.25, -0.2) is 9.97 Å². The van der Waals surface area contributed by atoms with Crippen molar-refractivity contribution in [1.29, 1.82) is 0 Å². The normalized spacial score (nSPS) is 17.2. The minimum atomic E-state index is -0.0270. The third-order valence-corrected chi connectivity index (χ3v) is 3.13. The zero-order valence-corrected chi connectivity index (χ0v) is 11.0. The fraction of sp³-hybridized carbons (Fsp3) is 0.692. The van der Waals surface area contributed by atoms with Crippen molar-refractivity contribution in [1.82, 2.24) is 9.97 Å². The molecule has 1 aromatic heterocycles. The highest BCUT2D eigenvalue weighted by molar-refractivity contribution is 5.37. The number of nitrogens with one attached hydrogen (secondary N) is 1. The van der Waals surface area contributed by atoms with Crippen molar-refractivity contribution < 1.29 is 4.74 Å².